The highest BCUT2D eigenvalue weighted by molar-refractivity contribution is 5.87. The molecule has 6 heteroatoms. The summed E-state index contributed by atoms with van der Waals surface area (Å²) in [7, 11) is 2.02. The number of rotatable bonds is 3. The van der Waals surface area contributed by atoms with Crippen LogP contribution in [0.3, 0.4) is 0 Å². The van der Waals surface area contributed by atoms with E-state index in [2.05, 4.69) is 4.90 Å². The summed E-state index contributed by atoms with van der Waals surface area (Å²) in [6, 6.07) is 1.36. The first-order valence-corrected chi connectivity index (χ1v) is 6.22. The Morgan fingerprint density at radius 3 is 2.95 bits per heavy atom. The minimum atomic E-state index is -1.19. The molecule has 0 bridgehead atoms. The maximum atomic E-state index is 11.5. The second kappa shape index (κ2) is 5.54. The Kier molecular flexibility index (Phi) is 4.01. The number of carbonyl (C=O) groups is 1. The van der Waals surface area contributed by atoms with Crippen molar-refractivity contribution in [3.8, 4) is 0 Å². The summed E-state index contributed by atoms with van der Waals surface area (Å²) in [6.45, 7) is 4.72. The molecule has 1 aromatic rings. The summed E-state index contributed by atoms with van der Waals surface area (Å²) < 4.78 is 7.42. The fourth-order valence-electron chi connectivity index (χ4n) is 2.23. The Bertz CT molecular complexity index is 538. The molecule has 1 aliphatic rings. The number of carboxylic acid groups (broad SMARTS) is 1. The third kappa shape index (κ3) is 3.21. The number of carboxylic acids is 1. The predicted octanol–water partition coefficient (Wildman–Crippen LogP) is 0.186. The van der Waals surface area contributed by atoms with Gasteiger partial charge in [0.15, 0.2) is 5.43 Å². The molecule has 1 N–H and O–H groups in total. The van der Waals surface area contributed by atoms with Crippen molar-refractivity contribution < 1.29 is 14.6 Å². The maximum absolute atomic E-state index is 11.5. The summed E-state index contributed by atoms with van der Waals surface area (Å²) in [5, 5.41) is 8.98. The van der Waals surface area contributed by atoms with Gasteiger partial charge in [0.1, 0.15) is 5.56 Å². The average molecular weight is 266 g/mol. The van der Waals surface area contributed by atoms with Crippen molar-refractivity contribution in [1.29, 1.82) is 0 Å². The zero-order valence-electron chi connectivity index (χ0n) is 11.1. The third-order valence-corrected chi connectivity index (χ3v) is 3.32. The highest BCUT2D eigenvalue weighted by atomic mass is 16.5. The van der Waals surface area contributed by atoms with Crippen LogP contribution in [0.15, 0.2) is 17.1 Å². The summed E-state index contributed by atoms with van der Waals surface area (Å²) in [5.74, 6) is -1.19. The van der Waals surface area contributed by atoms with E-state index in [4.69, 9.17) is 9.84 Å². The molecule has 1 atom stereocenters. The monoisotopic (exact) mass is 266 g/mol. The van der Waals surface area contributed by atoms with E-state index >= 15 is 0 Å². The van der Waals surface area contributed by atoms with Crippen molar-refractivity contribution in [1.82, 2.24) is 9.47 Å². The molecule has 104 valence electrons. The molecule has 0 spiro atoms. The van der Waals surface area contributed by atoms with Gasteiger partial charge in [-0.15, -0.1) is 0 Å². The van der Waals surface area contributed by atoms with Crippen LogP contribution in [0.25, 0.3) is 0 Å². The highest BCUT2D eigenvalue weighted by Gasteiger charge is 2.19. The van der Waals surface area contributed by atoms with E-state index in [1.165, 1.54) is 12.3 Å². The van der Waals surface area contributed by atoms with Crippen molar-refractivity contribution in [3.63, 3.8) is 0 Å². The molecule has 0 aromatic carbocycles. The van der Waals surface area contributed by atoms with Gasteiger partial charge in [-0.1, -0.05) is 0 Å². The van der Waals surface area contributed by atoms with Crippen LogP contribution < -0.4 is 5.43 Å². The van der Waals surface area contributed by atoms with Crippen LogP contribution in [-0.2, 0) is 11.3 Å². The Labute approximate surface area is 111 Å². The van der Waals surface area contributed by atoms with Crippen LogP contribution in [0.2, 0.25) is 0 Å². The molecular formula is C13H18N2O4. The smallest absolute Gasteiger partial charge is 0.341 e. The van der Waals surface area contributed by atoms with Gasteiger partial charge in [0, 0.05) is 37.6 Å². The molecule has 2 heterocycles. The molecule has 6 nitrogen and oxygen atoms in total. The lowest BCUT2D eigenvalue weighted by atomic mass is 10.2. The highest BCUT2D eigenvalue weighted by Crippen LogP contribution is 2.08. The first kappa shape index (κ1) is 13.8. The lowest BCUT2D eigenvalue weighted by Gasteiger charge is -2.31. The number of aromatic nitrogens is 1. The number of ether oxygens (including phenoxy) is 1. The maximum Gasteiger partial charge on any atom is 0.341 e. The Morgan fingerprint density at radius 1 is 1.58 bits per heavy atom. The molecule has 1 fully saturated rings. The van der Waals surface area contributed by atoms with E-state index < -0.39 is 11.4 Å². The molecule has 1 unspecified atom stereocenters. The van der Waals surface area contributed by atoms with Crippen molar-refractivity contribution >= 4 is 5.97 Å². The molecule has 0 amide bonds. The van der Waals surface area contributed by atoms with E-state index in [1.807, 2.05) is 7.05 Å². The van der Waals surface area contributed by atoms with Gasteiger partial charge in [0.05, 0.1) is 12.7 Å². The third-order valence-electron chi connectivity index (χ3n) is 3.32. The second-order valence-corrected chi connectivity index (χ2v) is 4.91. The van der Waals surface area contributed by atoms with Gasteiger partial charge in [0.2, 0.25) is 0 Å². The molecule has 0 radical (unpaired) electrons. The molecule has 1 aromatic heterocycles. The zero-order valence-corrected chi connectivity index (χ0v) is 11.1. The number of hydrogen-bond donors (Lipinski definition) is 1. The second-order valence-electron chi connectivity index (χ2n) is 4.91. The summed E-state index contributed by atoms with van der Waals surface area (Å²) in [4.78, 5) is 24.7. The topological polar surface area (TPSA) is 71.8 Å². The van der Waals surface area contributed by atoms with Gasteiger partial charge >= 0.3 is 5.97 Å². The van der Waals surface area contributed by atoms with Crippen molar-refractivity contribution in [2.24, 2.45) is 0 Å². The minimum Gasteiger partial charge on any atom is -0.477 e. The molecule has 0 aliphatic carbocycles. The predicted molar refractivity (Wildman–Crippen MR) is 69.6 cm³/mol. The Balaban J connectivity index is 2.22. The van der Waals surface area contributed by atoms with Crippen LogP contribution in [-0.4, -0.2) is 53.4 Å². The van der Waals surface area contributed by atoms with E-state index in [0.717, 1.165) is 18.8 Å². The number of hydrogen-bond acceptors (Lipinski definition) is 4. The number of aryl methyl sites for hydroxylation is 1. The molecule has 1 aliphatic heterocycles. The van der Waals surface area contributed by atoms with Gasteiger partial charge < -0.3 is 19.3 Å². The molecule has 19 heavy (non-hydrogen) atoms. The van der Waals surface area contributed by atoms with Gasteiger partial charge in [-0.3, -0.25) is 4.79 Å². The van der Waals surface area contributed by atoms with Crippen molar-refractivity contribution in [3.05, 3.63) is 33.7 Å². The van der Waals surface area contributed by atoms with Crippen LogP contribution in [0.4, 0.5) is 0 Å². The average Bonchev–Trinajstić information content (AvgIpc) is 2.32. The van der Waals surface area contributed by atoms with Crippen molar-refractivity contribution in [2.45, 2.75) is 19.6 Å². The largest absolute Gasteiger partial charge is 0.477 e. The zero-order chi connectivity index (χ0) is 14.0. The molecule has 0 saturated carbocycles. The fraction of sp³-hybridized carbons (Fsp3) is 0.538. The lowest BCUT2D eigenvalue weighted by molar-refractivity contribution is -0.0278. The Hall–Kier alpha value is -1.66. The molecular weight excluding hydrogens is 248 g/mol. The van der Waals surface area contributed by atoms with Gasteiger partial charge in [-0.25, -0.2) is 4.79 Å². The molecule has 1 saturated heterocycles. The Morgan fingerprint density at radius 2 is 2.32 bits per heavy atom. The number of nitrogens with zero attached hydrogens (tertiary/aromatic N) is 2. The van der Waals surface area contributed by atoms with E-state index in [-0.39, 0.29) is 11.7 Å². The van der Waals surface area contributed by atoms with Crippen LogP contribution >= 0.6 is 0 Å². The summed E-state index contributed by atoms with van der Waals surface area (Å²) >= 11 is 0. The SMILES string of the molecule is Cc1cc(=O)c(C(=O)O)cn1CC1CN(C)CCO1. The number of aromatic carboxylic acids is 1. The first-order valence-electron chi connectivity index (χ1n) is 6.22. The van der Waals surface area contributed by atoms with E-state index in [0.29, 0.717) is 13.2 Å². The summed E-state index contributed by atoms with van der Waals surface area (Å²) in [5.41, 5.74) is 0.0875. The first-order chi connectivity index (χ1) is 8.97. The lowest BCUT2D eigenvalue weighted by Crippen LogP contribution is -2.42. The van der Waals surface area contributed by atoms with Crippen LogP contribution in [0.5, 0.6) is 0 Å². The number of morpholine rings is 1. The van der Waals surface area contributed by atoms with Crippen molar-refractivity contribution in [2.75, 3.05) is 26.7 Å². The normalized spacial score (nSPS) is 20.4. The van der Waals surface area contributed by atoms with Gasteiger partial charge in [-0.2, -0.15) is 0 Å². The van der Waals surface area contributed by atoms with Gasteiger partial charge in [-0.05, 0) is 14.0 Å². The number of likely N-dealkylation sites (N-methyl/N-ethyl adjacent to an activating group) is 1. The molecule has 2 rings (SSSR count). The van der Waals surface area contributed by atoms with Crippen LogP contribution in [0.1, 0.15) is 16.1 Å². The van der Waals surface area contributed by atoms with Gasteiger partial charge in [0.25, 0.3) is 0 Å². The van der Waals surface area contributed by atoms with E-state index in [9.17, 15) is 9.59 Å². The minimum absolute atomic E-state index is 0.0154. The standard InChI is InChI=1S/C13H18N2O4/c1-9-5-12(16)11(13(17)18)8-15(9)7-10-6-14(2)3-4-19-10/h5,8,10H,3-4,6-7H2,1-2H3,(H,17,18). The van der Waals surface area contributed by atoms with E-state index in [1.54, 1.807) is 11.5 Å². The van der Waals surface area contributed by atoms with Crippen LogP contribution in [0, 0.1) is 6.92 Å². The summed E-state index contributed by atoms with van der Waals surface area (Å²) in [6.07, 6.45) is 1.42. The fourth-order valence-corrected chi connectivity index (χ4v) is 2.23. The number of pyridine rings is 1. The quantitative estimate of drug-likeness (QED) is 0.845.